The highest BCUT2D eigenvalue weighted by molar-refractivity contribution is 5.76. The Labute approximate surface area is 157 Å². The van der Waals surface area contributed by atoms with Gasteiger partial charge in [0, 0.05) is 45.7 Å². The first-order valence-electron chi connectivity index (χ1n) is 10.4. The van der Waals surface area contributed by atoms with E-state index in [0.29, 0.717) is 12.5 Å². The summed E-state index contributed by atoms with van der Waals surface area (Å²) in [6, 6.07) is 8.78. The molecule has 1 aromatic rings. The summed E-state index contributed by atoms with van der Waals surface area (Å²) in [6.45, 7) is 6.31. The summed E-state index contributed by atoms with van der Waals surface area (Å²) in [6.07, 6.45) is 6.15. The highest BCUT2D eigenvalue weighted by atomic mass is 16.1. The van der Waals surface area contributed by atoms with E-state index in [9.17, 15) is 4.79 Å². The van der Waals surface area contributed by atoms with Gasteiger partial charge in [-0.25, -0.2) is 0 Å². The SMILES string of the molecule is CN1CCN(Cc2ccc(CNC(=O)CC(C3CC3)C3CC3)cc2)CC1. The standard InChI is InChI=1S/C22H33N3O/c1-24-10-12-25(13-11-24)16-18-4-2-17(3-5-18)15-23-22(26)14-21(19-6-7-19)20-8-9-20/h2-5,19-21H,6-16H2,1H3,(H,23,26). The van der Waals surface area contributed by atoms with Crippen LogP contribution >= 0.6 is 0 Å². The van der Waals surface area contributed by atoms with Gasteiger partial charge in [0.2, 0.25) is 5.91 Å². The Balaban J connectivity index is 1.20. The van der Waals surface area contributed by atoms with E-state index < -0.39 is 0 Å². The molecule has 1 aromatic carbocycles. The molecule has 1 heterocycles. The maximum absolute atomic E-state index is 12.3. The lowest BCUT2D eigenvalue weighted by molar-refractivity contribution is -0.122. The molecule has 0 spiro atoms. The van der Waals surface area contributed by atoms with E-state index in [1.807, 2.05) is 0 Å². The fourth-order valence-electron chi connectivity index (χ4n) is 4.28. The van der Waals surface area contributed by atoms with Crippen LogP contribution in [0.3, 0.4) is 0 Å². The Morgan fingerprint density at radius 3 is 2.15 bits per heavy atom. The quantitative estimate of drug-likeness (QED) is 0.779. The lowest BCUT2D eigenvalue weighted by atomic mass is 9.94. The summed E-state index contributed by atoms with van der Waals surface area (Å²) < 4.78 is 0. The second kappa shape index (κ2) is 8.10. The van der Waals surface area contributed by atoms with Crippen molar-refractivity contribution in [2.24, 2.45) is 17.8 Å². The lowest BCUT2D eigenvalue weighted by Crippen LogP contribution is -2.43. The summed E-state index contributed by atoms with van der Waals surface area (Å²) >= 11 is 0. The fraction of sp³-hybridized carbons (Fsp3) is 0.682. The predicted octanol–water partition coefficient (Wildman–Crippen LogP) is 2.88. The van der Waals surface area contributed by atoms with E-state index in [4.69, 9.17) is 0 Å². The van der Waals surface area contributed by atoms with E-state index in [1.54, 1.807) is 0 Å². The maximum atomic E-state index is 12.3. The molecule has 4 rings (SSSR count). The van der Waals surface area contributed by atoms with Crippen molar-refractivity contribution in [3.63, 3.8) is 0 Å². The van der Waals surface area contributed by atoms with Crippen molar-refractivity contribution >= 4 is 5.91 Å². The van der Waals surface area contributed by atoms with Gasteiger partial charge in [-0.1, -0.05) is 24.3 Å². The predicted molar refractivity (Wildman–Crippen MR) is 105 cm³/mol. The number of carbonyl (C=O) groups is 1. The molecular weight excluding hydrogens is 322 g/mol. The van der Waals surface area contributed by atoms with Crippen LogP contribution in [0.25, 0.3) is 0 Å². The minimum Gasteiger partial charge on any atom is -0.352 e. The van der Waals surface area contributed by atoms with Gasteiger partial charge < -0.3 is 10.2 Å². The van der Waals surface area contributed by atoms with Gasteiger partial charge in [-0.15, -0.1) is 0 Å². The monoisotopic (exact) mass is 355 g/mol. The van der Waals surface area contributed by atoms with E-state index >= 15 is 0 Å². The highest BCUT2D eigenvalue weighted by Crippen LogP contribution is 2.50. The third kappa shape index (κ3) is 5.08. The van der Waals surface area contributed by atoms with Crippen LogP contribution in [-0.2, 0) is 17.9 Å². The summed E-state index contributed by atoms with van der Waals surface area (Å²) in [5.74, 6) is 2.61. The van der Waals surface area contributed by atoms with Gasteiger partial charge in [0.25, 0.3) is 0 Å². The zero-order valence-corrected chi connectivity index (χ0v) is 16.1. The average molecular weight is 356 g/mol. The van der Waals surface area contributed by atoms with Crippen molar-refractivity contribution in [1.82, 2.24) is 15.1 Å². The van der Waals surface area contributed by atoms with E-state index in [0.717, 1.165) is 51.0 Å². The molecule has 4 heteroatoms. The van der Waals surface area contributed by atoms with Gasteiger partial charge in [-0.2, -0.15) is 0 Å². The number of hydrogen-bond acceptors (Lipinski definition) is 3. The summed E-state index contributed by atoms with van der Waals surface area (Å²) in [4.78, 5) is 17.2. The van der Waals surface area contributed by atoms with Crippen molar-refractivity contribution in [2.45, 2.75) is 45.2 Å². The Bertz CT molecular complexity index is 586. The van der Waals surface area contributed by atoms with Gasteiger partial charge >= 0.3 is 0 Å². The van der Waals surface area contributed by atoms with Crippen LogP contribution in [0.5, 0.6) is 0 Å². The number of hydrogen-bond donors (Lipinski definition) is 1. The smallest absolute Gasteiger partial charge is 0.220 e. The zero-order valence-electron chi connectivity index (χ0n) is 16.1. The summed E-state index contributed by atoms with van der Waals surface area (Å²) in [5, 5.41) is 3.15. The zero-order chi connectivity index (χ0) is 17.9. The molecule has 2 saturated carbocycles. The van der Waals surface area contributed by atoms with Crippen LogP contribution in [0, 0.1) is 17.8 Å². The molecule has 4 nitrogen and oxygen atoms in total. The van der Waals surface area contributed by atoms with Crippen LogP contribution in [0.15, 0.2) is 24.3 Å². The number of likely N-dealkylation sites (N-methyl/N-ethyl adjacent to an activating group) is 1. The van der Waals surface area contributed by atoms with Crippen LogP contribution < -0.4 is 5.32 Å². The van der Waals surface area contributed by atoms with Gasteiger partial charge in [0.1, 0.15) is 0 Å². The molecular formula is C22H33N3O. The number of amides is 1. The molecule has 0 unspecified atom stereocenters. The lowest BCUT2D eigenvalue weighted by Gasteiger charge is -2.32. The Morgan fingerprint density at radius 2 is 1.58 bits per heavy atom. The first-order chi connectivity index (χ1) is 12.7. The van der Waals surface area contributed by atoms with Crippen molar-refractivity contribution in [1.29, 1.82) is 0 Å². The van der Waals surface area contributed by atoms with E-state index in [2.05, 4.69) is 46.4 Å². The van der Waals surface area contributed by atoms with Gasteiger partial charge in [-0.3, -0.25) is 9.69 Å². The number of piperazine rings is 1. The summed E-state index contributed by atoms with van der Waals surface area (Å²) in [5.41, 5.74) is 2.57. The number of rotatable bonds is 8. The number of benzene rings is 1. The normalized spacial score (nSPS) is 21.9. The van der Waals surface area contributed by atoms with Crippen molar-refractivity contribution in [2.75, 3.05) is 33.2 Å². The van der Waals surface area contributed by atoms with Crippen molar-refractivity contribution in [3.05, 3.63) is 35.4 Å². The van der Waals surface area contributed by atoms with Crippen LogP contribution in [0.2, 0.25) is 0 Å². The van der Waals surface area contributed by atoms with Crippen molar-refractivity contribution < 1.29 is 4.79 Å². The first kappa shape index (κ1) is 18.0. The fourth-order valence-corrected chi connectivity index (χ4v) is 4.28. The van der Waals surface area contributed by atoms with E-state index in [1.165, 1.54) is 36.8 Å². The molecule has 1 saturated heterocycles. The molecule has 1 N–H and O–H groups in total. The Kier molecular flexibility index (Phi) is 5.60. The third-order valence-corrected chi connectivity index (χ3v) is 6.39. The molecule has 2 aliphatic carbocycles. The minimum atomic E-state index is 0.246. The van der Waals surface area contributed by atoms with Gasteiger partial charge in [0.05, 0.1) is 0 Å². The van der Waals surface area contributed by atoms with E-state index in [-0.39, 0.29) is 5.91 Å². The van der Waals surface area contributed by atoms with Crippen LogP contribution in [0.4, 0.5) is 0 Å². The largest absolute Gasteiger partial charge is 0.352 e. The molecule has 142 valence electrons. The second-order valence-electron chi connectivity index (χ2n) is 8.72. The topological polar surface area (TPSA) is 35.6 Å². The Hall–Kier alpha value is -1.39. The Morgan fingerprint density at radius 1 is 1.00 bits per heavy atom. The number of nitrogens with one attached hydrogen (secondary N) is 1. The molecule has 0 radical (unpaired) electrons. The van der Waals surface area contributed by atoms with Gasteiger partial charge in [-0.05, 0) is 61.6 Å². The molecule has 3 aliphatic rings. The molecule has 0 aromatic heterocycles. The van der Waals surface area contributed by atoms with Crippen molar-refractivity contribution in [3.8, 4) is 0 Å². The molecule has 1 amide bonds. The number of carbonyl (C=O) groups excluding carboxylic acids is 1. The molecule has 0 bridgehead atoms. The first-order valence-corrected chi connectivity index (χ1v) is 10.4. The second-order valence-corrected chi connectivity index (χ2v) is 8.72. The van der Waals surface area contributed by atoms with Crippen LogP contribution in [0.1, 0.15) is 43.2 Å². The molecule has 1 aliphatic heterocycles. The minimum absolute atomic E-state index is 0.246. The van der Waals surface area contributed by atoms with Crippen LogP contribution in [-0.4, -0.2) is 48.9 Å². The maximum Gasteiger partial charge on any atom is 0.220 e. The summed E-state index contributed by atoms with van der Waals surface area (Å²) in [7, 11) is 2.19. The number of nitrogens with zero attached hydrogens (tertiary/aromatic N) is 2. The average Bonchev–Trinajstić information content (AvgIpc) is 3.55. The third-order valence-electron chi connectivity index (χ3n) is 6.39. The molecule has 0 atom stereocenters. The molecule has 3 fully saturated rings. The molecule has 26 heavy (non-hydrogen) atoms. The highest BCUT2D eigenvalue weighted by Gasteiger charge is 2.42. The van der Waals surface area contributed by atoms with Gasteiger partial charge in [0.15, 0.2) is 0 Å².